The fourth-order valence-electron chi connectivity index (χ4n) is 0.995. The molecular weight excluding hydrogens is 123 g/mol. The van der Waals surface area contributed by atoms with E-state index >= 15 is 0 Å². The fraction of sp³-hybridized carbons (Fsp3) is 0.375. The molecule has 0 amide bonds. The van der Waals surface area contributed by atoms with Crippen LogP contribution in [0.2, 0.25) is 0 Å². The molecule has 0 aliphatic carbocycles. The molecule has 1 heterocycles. The van der Waals surface area contributed by atoms with Crippen LogP contribution in [0.1, 0.15) is 12.5 Å². The Morgan fingerprint density at radius 1 is 1.60 bits per heavy atom. The third kappa shape index (κ3) is 1.38. The summed E-state index contributed by atoms with van der Waals surface area (Å²) in [6.07, 6.45) is 1.03. The van der Waals surface area contributed by atoms with Crippen molar-refractivity contribution >= 4 is 6.91 Å². The summed E-state index contributed by atoms with van der Waals surface area (Å²) >= 11 is 0. The number of ether oxygens (including phenoxy) is 1. The zero-order chi connectivity index (χ0) is 7.40. The van der Waals surface area contributed by atoms with Crippen molar-refractivity contribution in [3.05, 3.63) is 23.7 Å². The van der Waals surface area contributed by atoms with Crippen LogP contribution in [0.4, 0.5) is 0 Å². The van der Waals surface area contributed by atoms with Crippen molar-refractivity contribution < 1.29 is 4.74 Å². The van der Waals surface area contributed by atoms with Gasteiger partial charge in [-0.1, -0.05) is 0 Å². The average molecular weight is 134 g/mol. The van der Waals surface area contributed by atoms with E-state index in [1.165, 1.54) is 5.56 Å². The van der Waals surface area contributed by atoms with E-state index in [2.05, 4.69) is 13.0 Å². The van der Waals surface area contributed by atoms with Crippen molar-refractivity contribution in [2.45, 2.75) is 13.3 Å². The van der Waals surface area contributed by atoms with E-state index in [1.807, 2.05) is 18.9 Å². The van der Waals surface area contributed by atoms with Gasteiger partial charge in [0.2, 0.25) is 0 Å². The molecule has 0 atom stereocenters. The standard InChI is InChI=1S/C8H11BO/c1-3-7-5-4-6-9-8(7)10-2/h4-6H,3H2,1-2H3. The summed E-state index contributed by atoms with van der Waals surface area (Å²) < 4.78 is 5.14. The SMILES string of the molecule is CCc1cccbc1OC. The second kappa shape index (κ2) is 3.40. The summed E-state index contributed by atoms with van der Waals surface area (Å²) in [5, 5.41) is 0. The quantitative estimate of drug-likeness (QED) is 0.596. The van der Waals surface area contributed by atoms with Gasteiger partial charge in [-0.25, -0.2) is 0 Å². The van der Waals surface area contributed by atoms with Crippen molar-refractivity contribution in [2.24, 2.45) is 0 Å². The molecule has 0 fully saturated rings. The molecular formula is C8H11BO. The monoisotopic (exact) mass is 134 g/mol. The number of rotatable bonds is 2. The van der Waals surface area contributed by atoms with E-state index in [0.717, 1.165) is 12.1 Å². The zero-order valence-electron chi connectivity index (χ0n) is 6.42. The molecule has 1 rings (SSSR count). The Kier molecular flexibility index (Phi) is 2.49. The predicted molar refractivity (Wildman–Crippen MR) is 43.7 cm³/mol. The van der Waals surface area contributed by atoms with Crippen molar-refractivity contribution in [3.8, 4) is 5.64 Å². The van der Waals surface area contributed by atoms with Gasteiger partial charge in [0.1, 0.15) is 0 Å². The molecule has 0 N–H and O–H groups in total. The second-order valence-corrected chi connectivity index (χ2v) is 2.17. The molecule has 0 spiro atoms. The molecule has 0 unspecified atom stereocenters. The van der Waals surface area contributed by atoms with Crippen LogP contribution in [0.15, 0.2) is 18.1 Å². The Balaban J connectivity index is 2.96. The molecule has 0 aromatic carbocycles. The molecule has 2 heteroatoms. The maximum absolute atomic E-state index is 5.14. The number of methoxy groups -OCH3 is 1. The summed E-state index contributed by atoms with van der Waals surface area (Å²) in [6.45, 7) is 4.11. The van der Waals surface area contributed by atoms with Gasteiger partial charge >= 0.3 is 61.4 Å². The van der Waals surface area contributed by atoms with Gasteiger partial charge in [0.25, 0.3) is 0 Å². The Bertz CT molecular complexity index is 187. The van der Waals surface area contributed by atoms with Gasteiger partial charge in [0.05, 0.1) is 0 Å². The van der Waals surface area contributed by atoms with Crippen LogP contribution in [0.25, 0.3) is 0 Å². The van der Waals surface area contributed by atoms with Crippen molar-refractivity contribution in [2.75, 3.05) is 7.11 Å². The Hall–Kier alpha value is -0.785. The van der Waals surface area contributed by atoms with Gasteiger partial charge in [-0.2, -0.15) is 0 Å². The normalized spacial score (nSPS) is 9.00. The van der Waals surface area contributed by atoms with Gasteiger partial charge < -0.3 is 0 Å². The minimum absolute atomic E-state index is 0.991. The van der Waals surface area contributed by atoms with Crippen LogP contribution in [0, 0.1) is 0 Å². The molecule has 1 aromatic heterocycles. The molecule has 1 nitrogen and oxygen atoms in total. The van der Waals surface area contributed by atoms with Crippen molar-refractivity contribution in [1.82, 2.24) is 0 Å². The van der Waals surface area contributed by atoms with Gasteiger partial charge in [0, 0.05) is 0 Å². The van der Waals surface area contributed by atoms with Crippen LogP contribution in [0.3, 0.4) is 0 Å². The summed E-state index contributed by atoms with van der Waals surface area (Å²) in [6, 6.07) is 4.11. The van der Waals surface area contributed by atoms with Gasteiger partial charge in [-0.15, -0.1) is 0 Å². The molecule has 1 aromatic rings. The molecule has 0 bridgehead atoms. The maximum atomic E-state index is 5.14. The Morgan fingerprint density at radius 2 is 2.40 bits per heavy atom. The molecule has 0 saturated carbocycles. The average Bonchev–Trinajstić information content (AvgIpc) is 2.04. The number of aryl methyl sites for hydroxylation is 1. The summed E-state index contributed by atoms with van der Waals surface area (Å²) in [5.74, 6) is 1.98. The van der Waals surface area contributed by atoms with Crippen LogP contribution < -0.4 is 4.74 Å². The van der Waals surface area contributed by atoms with Crippen molar-refractivity contribution in [3.63, 3.8) is 0 Å². The number of hydrogen-bond donors (Lipinski definition) is 0. The minimum atomic E-state index is 0.991. The first kappa shape index (κ1) is 7.32. The van der Waals surface area contributed by atoms with Gasteiger partial charge in [0.15, 0.2) is 0 Å². The van der Waals surface area contributed by atoms with E-state index < -0.39 is 0 Å². The summed E-state index contributed by atoms with van der Waals surface area (Å²) in [5.41, 5.74) is 2.26. The van der Waals surface area contributed by atoms with Crippen LogP contribution >= 0.6 is 0 Å². The second-order valence-electron chi connectivity index (χ2n) is 2.17. The topological polar surface area (TPSA) is 9.23 Å². The van der Waals surface area contributed by atoms with E-state index in [0.29, 0.717) is 0 Å². The zero-order valence-corrected chi connectivity index (χ0v) is 6.42. The van der Waals surface area contributed by atoms with Crippen LogP contribution in [-0.2, 0) is 6.42 Å². The summed E-state index contributed by atoms with van der Waals surface area (Å²) in [7, 11) is 1.70. The third-order valence-electron chi connectivity index (χ3n) is 1.57. The molecule has 0 saturated heterocycles. The first-order valence-corrected chi connectivity index (χ1v) is 3.50. The Labute approximate surface area is 62.2 Å². The van der Waals surface area contributed by atoms with E-state index in [4.69, 9.17) is 4.74 Å². The molecule has 0 aliphatic rings. The molecule has 0 aliphatic heterocycles. The van der Waals surface area contributed by atoms with E-state index in [1.54, 1.807) is 7.11 Å². The molecule has 0 radical (unpaired) electrons. The predicted octanol–water partition coefficient (Wildman–Crippen LogP) is 1.60. The van der Waals surface area contributed by atoms with E-state index in [-0.39, 0.29) is 0 Å². The molecule has 52 valence electrons. The van der Waals surface area contributed by atoms with E-state index in [9.17, 15) is 0 Å². The van der Waals surface area contributed by atoms with Crippen LogP contribution in [-0.4, -0.2) is 14.0 Å². The Morgan fingerprint density at radius 3 is 2.90 bits per heavy atom. The van der Waals surface area contributed by atoms with Gasteiger partial charge in [-0.3, -0.25) is 0 Å². The number of hydrogen-bond acceptors (Lipinski definition) is 1. The van der Waals surface area contributed by atoms with Gasteiger partial charge in [-0.05, 0) is 0 Å². The molecule has 10 heavy (non-hydrogen) atoms. The first-order chi connectivity index (χ1) is 4.88. The first-order valence-electron chi connectivity index (χ1n) is 3.50. The van der Waals surface area contributed by atoms with Crippen molar-refractivity contribution in [1.29, 1.82) is 0 Å². The third-order valence-corrected chi connectivity index (χ3v) is 1.57. The fourth-order valence-corrected chi connectivity index (χ4v) is 0.995. The summed E-state index contributed by atoms with van der Waals surface area (Å²) in [4.78, 5) is 0. The van der Waals surface area contributed by atoms with Crippen LogP contribution in [0.5, 0.6) is 5.64 Å².